The van der Waals surface area contributed by atoms with Crippen LogP contribution in [0.3, 0.4) is 0 Å². The first-order valence-electron chi connectivity index (χ1n) is 5.39. The van der Waals surface area contributed by atoms with E-state index in [1.54, 1.807) is 0 Å². The van der Waals surface area contributed by atoms with Crippen molar-refractivity contribution < 1.29 is 18.4 Å². The van der Waals surface area contributed by atoms with Gasteiger partial charge < -0.3 is 16.7 Å². The first-order valence-corrected chi connectivity index (χ1v) is 5.39. The van der Waals surface area contributed by atoms with Gasteiger partial charge in [-0.25, -0.2) is 0 Å². The number of nitrogens with two attached hydrogens (primary N) is 2. The maximum absolute atomic E-state index is 12.4. The third kappa shape index (κ3) is 3.74. The Balaban J connectivity index is 3.07. The number of nitrogens with zero attached hydrogens (tertiary/aromatic N) is 2. The van der Waals surface area contributed by atoms with Crippen molar-refractivity contribution in [2.75, 3.05) is 7.05 Å². The molecule has 0 saturated heterocycles. The molecule has 0 spiro atoms. The highest BCUT2D eigenvalue weighted by Crippen LogP contribution is 2.29. The van der Waals surface area contributed by atoms with Gasteiger partial charge in [0, 0.05) is 12.7 Å². The van der Waals surface area contributed by atoms with Crippen LogP contribution < -0.4 is 11.5 Å². The molecule has 0 aliphatic carbocycles. The zero-order valence-electron chi connectivity index (χ0n) is 10.5. The molecule has 0 amide bonds. The average Bonchev–Trinajstić information content (AvgIpc) is 2.42. The highest BCUT2D eigenvalue weighted by atomic mass is 19.4. The predicted molar refractivity (Wildman–Crippen MR) is 70.4 cm³/mol. The molecule has 1 rings (SSSR count). The fourth-order valence-corrected chi connectivity index (χ4v) is 1.39. The van der Waals surface area contributed by atoms with Gasteiger partial charge in [0.25, 0.3) is 0 Å². The Morgan fingerprint density at radius 2 is 1.75 bits per heavy atom. The first kappa shape index (κ1) is 15.5. The molecule has 0 saturated carbocycles. The van der Waals surface area contributed by atoms with Crippen molar-refractivity contribution in [3.05, 3.63) is 41.5 Å². The van der Waals surface area contributed by atoms with Crippen molar-refractivity contribution in [2.24, 2.45) is 21.6 Å². The molecule has 0 unspecified atom stereocenters. The molecule has 1 aromatic carbocycles. The van der Waals surface area contributed by atoms with Crippen molar-refractivity contribution >= 4 is 17.2 Å². The number of hydrogen-bond acceptors (Lipinski definition) is 4. The summed E-state index contributed by atoms with van der Waals surface area (Å²) in [5, 5.41) is 11.3. The topological polar surface area (TPSA) is 97.0 Å². The van der Waals surface area contributed by atoms with E-state index in [-0.39, 0.29) is 17.2 Å². The first-order chi connectivity index (χ1) is 9.29. The molecular weight excluding hydrogens is 273 g/mol. The summed E-state index contributed by atoms with van der Waals surface area (Å²) >= 11 is 0. The lowest BCUT2D eigenvalue weighted by Gasteiger charge is -2.08. The Morgan fingerprint density at radius 3 is 2.15 bits per heavy atom. The van der Waals surface area contributed by atoms with Crippen molar-refractivity contribution in [3.63, 3.8) is 0 Å². The van der Waals surface area contributed by atoms with Gasteiger partial charge in [-0.2, -0.15) is 13.2 Å². The normalized spacial score (nSPS) is 14.5. The maximum atomic E-state index is 12.4. The SMILES string of the molecule is CN=C(/C=C(\N)c1ccc(C(F)(F)F)cc1)/C(N)=N/O. The molecule has 0 atom stereocenters. The van der Waals surface area contributed by atoms with Gasteiger partial charge in [-0.15, -0.1) is 0 Å². The van der Waals surface area contributed by atoms with Gasteiger partial charge in [0.15, 0.2) is 5.84 Å². The van der Waals surface area contributed by atoms with Gasteiger partial charge >= 0.3 is 6.18 Å². The summed E-state index contributed by atoms with van der Waals surface area (Å²) in [6.07, 6.45) is -3.10. The summed E-state index contributed by atoms with van der Waals surface area (Å²) in [5.74, 6) is -0.248. The van der Waals surface area contributed by atoms with Gasteiger partial charge in [-0.1, -0.05) is 17.3 Å². The molecule has 0 aliphatic heterocycles. The standard InChI is InChI=1S/C12H13F3N4O/c1-18-10(11(17)19-20)6-9(16)7-2-4-8(5-3-7)12(13,14)15/h2-6,20H,16H2,1H3,(H2,17,19)/b9-6-,18-10?. The summed E-state index contributed by atoms with van der Waals surface area (Å²) in [6, 6.07) is 4.30. The van der Waals surface area contributed by atoms with Crippen molar-refractivity contribution in [2.45, 2.75) is 6.18 Å². The lowest BCUT2D eigenvalue weighted by atomic mass is 10.1. The van der Waals surface area contributed by atoms with E-state index < -0.39 is 11.7 Å². The van der Waals surface area contributed by atoms with E-state index in [2.05, 4.69) is 10.1 Å². The smallest absolute Gasteiger partial charge is 0.409 e. The van der Waals surface area contributed by atoms with Crippen LogP contribution in [0.5, 0.6) is 0 Å². The largest absolute Gasteiger partial charge is 0.416 e. The molecule has 1 aromatic rings. The van der Waals surface area contributed by atoms with Crippen LogP contribution in [-0.4, -0.2) is 23.8 Å². The van der Waals surface area contributed by atoms with Gasteiger partial charge in [-0.3, -0.25) is 4.99 Å². The van der Waals surface area contributed by atoms with Crippen LogP contribution in [0.4, 0.5) is 13.2 Å². The Bertz CT molecular complexity index is 559. The zero-order chi connectivity index (χ0) is 15.3. The highest BCUT2D eigenvalue weighted by Gasteiger charge is 2.29. The highest BCUT2D eigenvalue weighted by molar-refractivity contribution is 6.45. The molecule has 8 heteroatoms. The lowest BCUT2D eigenvalue weighted by Crippen LogP contribution is -2.23. The Labute approximate surface area is 113 Å². The zero-order valence-corrected chi connectivity index (χ0v) is 10.5. The molecule has 20 heavy (non-hydrogen) atoms. The molecular formula is C12H13F3N4O. The number of oxime groups is 1. The predicted octanol–water partition coefficient (Wildman–Crippen LogP) is 1.82. The summed E-state index contributed by atoms with van der Waals surface area (Å²) in [7, 11) is 1.41. The van der Waals surface area contributed by atoms with Crippen molar-refractivity contribution in [1.82, 2.24) is 0 Å². The fourth-order valence-electron chi connectivity index (χ4n) is 1.39. The molecule has 0 radical (unpaired) electrons. The van der Waals surface area contributed by atoms with Crippen LogP contribution in [0, 0.1) is 0 Å². The van der Waals surface area contributed by atoms with Crippen LogP contribution in [0.15, 0.2) is 40.5 Å². The average molecular weight is 286 g/mol. The number of halogens is 3. The number of benzene rings is 1. The molecule has 5 N–H and O–H groups in total. The third-order valence-corrected chi connectivity index (χ3v) is 2.45. The fraction of sp³-hybridized carbons (Fsp3) is 0.167. The van der Waals surface area contributed by atoms with E-state index >= 15 is 0 Å². The number of rotatable bonds is 3. The maximum Gasteiger partial charge on any atom is 0.416 e. The lowest BCUT2D eigenvalue weighted by molar-refractivity contribution is -0.137. The number of alkyl halides is 3. The summed E-state index contributed by atoms with van der Waals surface area (Å²) < 4.78 is 37.2. The minimum atomic E-state index is -4.40. The number of amidine groups is 1. The molecule has 108 valence electrons. The van der Waals surface area contributed by atoms with Gasteiger partial charge in [0.05, 0.1) is 5.56 Å². The quantitative estimate of drug-likeness (QED) is 0.342. The van der Waals surface area contributed by atoms with E-state index in [1.165, 1.54) is 25.3 Å². The Morgan fingerprint density at radius 1 is 1.20 bits per heavy atom. The van der Waals surface area contributed by atoms with Gasteiger partial charge in [0.2, 0.25) is 0 Å². The summed E-state index contributed by atoms with van der Waals surface area (Å²) in [5.41, 5.74) is 10.9. The second kappa shape index (κ2) is 6.09. The van der Waals surface area contributed by atoms with E-state index in [9.17, 15) is 13.2 Å². The van der Waals surface area contributed by atoms with Crippen LogP contribution in [0.2, 0.25) is 0 Å². The van der Waals surface area contributed by atoms with Crippen LogP contribution in [-0.2, 0) is 6.18 Å². The molecule has 0 aliphatic rings. The number of aliphatic imine (C=N–C) groups is 1. The second-order valence-electron chi connectivity index (χ2n) is 3.77. The summed E-state index contributed by atoms with van der Waals surface area (Å²) in [6.45, 7) is 0. The molecule has 5 nitrogen and oxygen atoms in total. The number of hydrogen-bond donors (Lipinski definition) is 3. The van der Waals surface area contributed by atoms with Crippen molar-refractivity contribution in [1.29, 1.82) is 0 Å². The minimum Gasteiger partial charge on any atom is -0.409 e. The Hall–Kier alpha value is -2.51. The molecule has 0 aromatic heterocycles. The van der Waals surface area contributed by atoms with E-state index in [0.29, 0.717) is 5.56 Å². The van der Waals surface area contributed by atoms with Crippen molar-refractivity contribution in [3.8, 4) is 0 Å². The second-order valence-corrected chi connectivity index (χ2v) is 3.77. The van der Waals surface area contributed by atoms with Crippen LogP contribution in [0.1, 0.15) is 11.1 Å². The van der Waals surface area contributed by atoms with Gasteiger partial charge in [0.1, 0.15) is 5.71 Å². The molecule has 0 fully saturated rings. The minimum absolute atomic E-state index is 0.116. The monoisotopic (exact) mass is 286 g/mol. The molecule has 0 heterocycles. The Kier molecular flexibility index (Phi) is 4.73. The van der Waals surface area contributed by atoms with E-state index in [4.69, 9.17) is 16.7 Å². The van der Waals surface area contributed by atoms with E-state index in [0.717, 1.165) is 12.1 Å². The van der Waals surface area contributed by atoms with Gasteiger partial charge in [-0.05, 0) is 23.8 Å². The van der Waals surface area contributed by atoms with Crippen LogP contribution in [0.25, 0.3) is 5.70 Å². The van der Waals surface area contributed by atoms with Crippen LogP contribution >= 0.6 is 0 Å². The van der Waals surface area contributed by atoms with E-state index in [1.807, 2.05) is 0 Å². The summed E-state index contributed by atoms with van der Waals surface area (Å²) in [4.78, 5) is 3.75. The molecule has 0 bridgehead atoms. The third-order valence-electron chi connectivity index (χ3n) is 2.45.